The Morgan fingerprint density at radius 2 is 1.79 bits per heavy atom. The fourth-order valence-electron chi connectivity index (χ4n) is 2.63. The first-order chi connectivity index (χ1) is 11.2. The van der Waals surface area contributed by atoms with Crippen LogP contribution in [0, 0.1) is 0 Å². The van der Waals surface area contributed by atoms with Gasteiger partial charge in [0.15, 0.2) is 4.90 Å². The molecule has 0 aliphatic carbocycles. The summed E-state index contributed by atoms with van der Waals surface area (Å²) in [5, 5.41) is 0. The van der Waals surface area contributed by atoms with Gasteiger partial charge in [-0.25, -0.2) is 17.9 Å². The van der Waals surface area contributed by atoms with Crippen LogP contribution in [0.5, 0.6) is 0 Å². The lowest BCUT2D eigenvalue weighted by molar-refractivity contribution is -0.131. The number of piperidine rings is 1. The van der Waals surface area contributed by atoms with Crippen molar-refractivity contribution in [1.82, 2.24) is 18.8 Å². The zero-order valence-corrected chi connectivity index (χ0v) is 14.6. The van der Waals surface area contributed by atoms with E-state index in [0.717, 1.165) is 34.6 Å². The van der Waals surface area contributed by atoms with Gasteiger partial charge in [0.2, 0.25) is 15.9 Å². The molecular weight excluding hydrogens is 336 g/mol. The first kappa shape index (κ1) is 18.4. The fraction of sp³-hybridized carbons (Fsp3) is 0.643. The molecule has 1 saturated heterocycles. The van der Waals surface area contributed by atoms with Gasteiger partial charge in [0.05, 0.1) is 0 Å². The predicted octanol–water partition coefficient (Wildman–Crippen LogP) is -1.24. The van der Waals surface area contributed by atoms with Crippen LogP contribution in [0.1, 0.15) is 25.7 Å². The molecule has 0 aromatic carbocycles. The third-order valence-electron chi connectivity index (χ3n) is 4.04. The summed E-state index contributed by atoms with van der Waals surface area (Å²) in [6.45, 7) is 1.31. The number of nitrogens with one attached hydrogen (secondary N) is 1. The summed E-state index contributed by atoms with van der Waals surface area (Å²) in [5.41, 5.74) is -1.51. The lowest BCUT2D eigenvalue weighted by atomic mass is 10.1. The third kappa shape index (κ3) is 3.93. The summed E-state index contributed by atoms with van der Waals surface area (Å²) in [6.07, 6.45) is 4.05. The van der Waals surface area contributed by atoms with Crippen LogP contribution in [0.15, 0.2) is 20.7 Å². The molecule has 0 bridgehead atoms. The number of aromatic nitrogens is 2. The van der Waals surface area contributed by atoms with E-state index in [1.54, 1.807) is 4.90 Å². The Bertz CT molecular complexity index is 834. The maximum Gasteiger partial charge on any atom is 0.330 e. The highest BCUT2D eigenvalue weighted by molar-refractivity contribution is 7.89. The van der Waals surface area contributed by atoms with Crippen LogP contribution in [0.2, 0.25) is 0 Å². The van der Waals surface area contributed by atoms with Gasteiger partial charge in [-0.3, -0.25) is 14.2 Å². The Balaban J connectivity index is 2.05. The van der Waals surface area contributed by atoms with Crippen molar-refractivity contribution >= 4 is 15.9 Å². The van der Waals surface area contributed by atoms with Gasteiger partial charge >= 0.3 is 5.69 Å². The van der Waals surface area contributed by atoms with Gasteiger partial charge in [-0.1, -0.05) is 0 Å². The molecule has 0 unspecified atom stereocenters. The lowest BCUT2D eigenvalue weighted by Crippen LogP contribution is -2.42. The smallest absolute Gasteiger partial charge is 0.330 e. The molecule has 9 nitrogen and oxygen atoms in total. The molecule has 0 radical (unpaired) electrons. The number of carbonyl (C=O) groups is 1. The average Bonchev–Trinajstić information content (AvgIpc) is 2.56. The van der Waals surface area contributed by atoms with E-state index in [2.05, 4.69) is 4.72 Å². The molecule has 0 spiro atoms. The molecule has 0 saturated carbocycles. The molecule has 24 heavy (non-hydrogen) atoms. The van der Waals surface area contributed by atoms with Crippen molar-refractivity contribution in [2.75, 3.05) is 19.6 Å². The van der Waals surface area contributed by atoms with E-state index in [1.807, 2.05) is 0 Å². The van der Waals surface area contributed by atoms with E-state index in [1.165, 1.54) is 14.1 Å². The topological polar surface area (TPSA) is 110 Å². The highest BCUT2D eigenvalue weighted by Crippen LogP contribution is 2.09. The van der Waals surface area contributed by atoms with Gasteiger partial charge in [-0.2, -0.15) is 0 Å². The van der Waals surface area contributed by atoms with E-state index in [-0.39, 0.29) is 18.9 Å². The first-order valence-corrected chi connectivity index (χ1v) is 9.26. The quantitative estimate of drug-likeness (QED) is 0.708. The van der Waals surface area contributed by atoms with Gasteiger partial charge in [0.1, 0.15) is 0 Å². The van der Waals surface area contributed by atoms with Gasteiger partial charge in [-0.05, 0) is 19.3 Å². The second kappa shape index (κ2) is 7.31. The largest absolute Gasteiger partial charge is 0.343 e. The van der Waals surface area contributed by atoms with Gasteiger partial charge < -0.3 is 9.47 Å². The van der Waals surface area contributed by atoms with E-state index in [0.29, 0.717) is 13.1 Å². The van der Waals surface area contributed by atoms with Crippen LogP contribution in [-0.2, 0) is 28.9 Å². The maximum atomic E-state index is 12.3. The minimum Gasteiger partial charge on any atom is -0.343 e. The average molecular weight is 358 g/mol. The van der Waals surface area contributed by atoms with E-state index in [9.17, 15) is 22.8 Å². The van der Waals surface area contributed by atoms with Crippen LogP contribution in [-0.4, -0.2) is 48.0 Å². The van der Waals surface area contributed by atoms with Gasteiger partial charge in [0, 0.05) is 46.3 Å². The maximum absolute atomic E-state index is 12.3. The molecule has 0 atom stereocenters. The van der Waals surface area contributed by atoms with Crippen LogP contribution >= 0.6 is 0 Å². The first-order valence-electron chi connectivity index (χ1n) is 7.78. The minimum absolute atomic E-state index is 0.0330. The van der Waals surface area contributed by atoms with Crippen molar-refractivity contribution in [1.29, 1.82) is 0 Å². The number of hydrogen-bond donors (Lipinski definition) is 1. The second-order valence-corrected chi connectivity index (χ2v) is 7.58. The minimum atomic E-state index is -4.09. The summed E-state index contributed by atoms with van der Waals surface area (Å²) < 4.78 is 28.5. The number of sulfonamides is 1. The Morgan fingerprint density at radius 1 is 1.17 bits per heavy atom. The normalized spacial score (nSPS) is 15.5. The fourth-order valence-corrected chi connectivity index (χ4v) is 3.82. The van der Waals surface area contributed by atoms with Gasteiger partial charge in [0.25, 0.3) is 5.56 Å². The van der Waals surface area contributed by atoms with E-state index < -0.39 is 26.2 Å². The second-order valence-electron chi connectivity index (χ2n) is 5.84. The number of aryl methyl sites for hydroxylation is 1. The number of nitrogens with zero attached hydrogens (tertiary/aromatic N) is 3. The molecule has 1 fully saturated rings. The third-order valence-corrected chi connectivity index (χ3v) is 5.49. The van der Waals surface area contributed by atoms with Gasteiger partial charge in [-0.15, -0.1) is 0 Å². The Kier molecular flexibility index (Phi) is 5.60. The Labute approximate surface area is 139 Å². The zero-order chi connectivity index (χ0) is 17.9. The molecule has 2 heterocycles. The molecule has 134 valence electrons. The number of likely N-dealkylation sites (tertiary alicyclic amines) is 1. The number of hydrogen-bond acceptors (Lipinski definition) is 5. The number of carbonyl (C=O) groups excluding carboxylic acids is 1. The highest BCUT2D eigenvalue weighted by atomic mass is 32.2. The van der Waals surface area contributed by atoms with Crippen LogP contribution < -0.4 is 16.0 Å². The highest BCUT2D eigenvalue weighted by Gasteiger charge is 2.22. The van der Waals surface area contributed by atoms with Crippen molar-refractivity contribution < 1.29 is 13.2 Å². The molecule has 10 heteroatoms. The summed E-state index contributed by atoms with van der Waals surface area (Å²) in [6, 6.07) is 0. The standard InChI is InChI=1S/C14H22N4O5S/c1-16-10-11(13(20)17(2)14(16)21)24(22,23)15-7-6-12(19)18-8-4-3-5-9-18/h10,15H,3-9H2,1-2H3. The molecule has 1 N–H and O–H groups in total. The number of rotatable bonds is 5. The Morgan fingerprint density at radius 3 is 2.42 bits per heavy atom. The van der Waals surface area contributed by atoms with E-state index >= 15 is 0 Å². The van der Waals surface area contributed by atoms with Crippen LogP contribution in [0.4, 0.5) is 0 Å². The molecule has 1 aromatic rings. The van der Waals surface area contributed by atoms with Crippen molar-refractivity contribution in [3.8, 4) is 0 Å². The summed E-state index contributed by atoms with van der Waals surface area (Å²) in [5.74, 6) is -0.106. The summed E-state index contributed by atoms with van der Waals surface area (Å²) in [4.78, 5) is 36.8. The van der Waals surface area contributed by atoms with Crippen LogP contribution in [0.3, 0.4) is 0 Å². The van der Waals surface area contributed by atoms with Crippen LogP contribution in [0.25, 0.3) is 0 Å². The monoisotopic (exact) mass is 358 g/mol. The summed E-state index contributed by atoms with van der Waals surface area (Å²) in [7, 11) is -1.52. The predicted molar refractivity (Wildman–Crippen MR) is 87.2 cm³/mol. The SMILES string of the molecule is Cn1cc(S(=O)(=O)NCCC(=O)N2CCCCC2)c(=O)n(C)c1=O. The molecule has 2 rings (SSSR count). The molecule has 1 aliphatic heterocycles. The number of amides is 1. The van der Waals surface area contributed by atoms with Crippen molar-refractivity contribution in [2.24, 2.45) is 14.1 Å². The molecule has 1 aliphatic rings. The summed E-state index contributed by atoms with van der Waals surface area (Å²) >= 11 is 0. The van der Waals surface area contributed by atoms with E-state index in [4.69, 9.17) is 0 Å². The van der Waals surface area contributed by atoms with Crippen molar-refractivity contribution in [2.45, 2.75) is 30.6 Å². The molecule has 1 amide bonds. The van der Waals surface area contributed by atoms with Crippen molar-refractivity contribution in [3.63, 3.8) is 0 Å². The molecular formula is C14H22N4O5S. The lowest BCUT2D eigenvalue weighted by Gasteiger charge is -2.26. The Hall–Kier alpha value is -1.94. The molecule has 1 aromatic heterocycles. The van der Waals surface area contributed by atoms with Crippen molar-refractivity contribution in [3.05, 3.63) is 27.0 Å². The zero-order valence-electron chi connectivity index (χ0n) is 13.8.